The highest BCUT2D eigenvalue weighted by Gasteiger charge is 2.49. The number of hydrogen-bond acceptors (Lipinski definition) is 7. The molecule has 4 rings (SSSR count). The monoisotopic (exact) mass is 368 g/mol. The number of aromatic nitrogens is 2. The summed E-state index contributed by atoms with van der Waals surface area (Å²) in [6.07, 6.45) is 3.65. The van der Waals surface area contributed by atoms with E-state index in [-0.39, 0.29) is 35.4 Å². The van der Waals surface area contributed by atoms with Crippen LogP contribution in [0.5, 0.6) is 0 Å². The Morgan fingerprint density at radius 2 is 1.88 bits per heavy atom. The van der Waals surface area contributed by atoms with Gasteiger partial charge in [-0.3, -0.25) is 9.69 Å². The first-order chi connectivity index (χ1) is 12.0. The minimum Gasteiger partial charge on any atom is -0.424 e. The number of amides is 1. The first-order valence-electron chi connectivity index (χ1n) is 9.03. The number of carbonyl (C=O) groups is 1. The molecule has 0 radical (unpaired) electrons. The highest BCUT2D eigenvalue weighted by Crippen LogP contribution is 2.33. The second-order valence-corrected chi connectivity index (χ2v) is 9.44. The third kappa shape index (κ3) is 3.19. The van der Waals surface area contributed by atoms with E-state index in [2.05, 4.69) is 15.1 Å². The average Bonchev–Trinajstić information content (AvgIpc) is 3.08. The van der Waals surface area contributed by atoms with Crippen LogP contribution in [0.15, 0.2) is 4.42 Å². The quantitative estimate of drug-likeness (QED) is 0.751. The molecule has 138 valence electrons. The summed E-state index contributed by atoms with van der Waals surface area (Å²) in [6.45, 7) is 3.59. The van der Waals surface area contributed by atoms with Crippen molar-refractivity contribution in [3.63, 3.8) is 0 Å². The predicted molar refractivity (Wildman–Crippen MR) is 89.4 cm³/mol. The number of rotatable bonds is 4. The van der Waals surface area contributed by atoms with Gasteiger partial charge in [0, 0.05) is 31.5 Å². The van der Waals surface area contributed by atoms with Crippen molar-refractivity contribution in [3.8, 4) is 0 Å². The molecule has 9 heteroatoms. The molecule has 2 aliphatic heterocycles. The molecular weight excluding hydrogens is 344 g/mol. The maximum absolute atomic E-state index is 12.7. The Hall–Kier alpha value is -1.48. The summed E-state index contributed by atoms with van der Waals surface area (Å²) >= 11 is 0. The third-order valence-corrected chi connectivity index (χ3v) is 7.38. The van der Waals surface area contributed by atoms with Crippen molar-refractivity contribution in [3.05, 3.63) is 11.8 Å². The van der Waals surface area contributed by atoms with Crippen LogP contribution in [0, 0.1) is 5.92 Å². The van der Waals surface area contributed by atoms with Gasteiger partial charge >= 0.3 is 0 Å². The van der Waals surface area contributed by atoms with Crippen LogP contribution in [0.3, 0.4) is 0 Å². The molecule has 0 spiro atoms. The highest BCUT2D eigenvalue weighted by molar-refractivity contribution is 7.91. The van der Waals surface area contributed by atoms with Crippen molar-refractivity contribution in [2.24, 2.45) is 5.92 Å². The van der Waals surface area contributed by atoms with Crippen LogP contribution in [-0.4, -0.2) is 71.0 Å². The summed E-state index contributed by atoms with van der Waals surface area (Å²) < 4.78 is 30.1. The SMILES string of the molecule is CCc1nnc(CN2CCN(C(=O)C3CCC3)[C@@H]3CS(=O)(=O)C[C@@H]32)o1. The number of piperazine rings is 1. The zero-order valence-corrected chi connectivity index (χ0v) is 15.2. The number of carbonyl (C=O) groups excluding carboxylic acids is 1. The van der Waals surface area contributed by atoms with Crippen molar-refractivity contribution >= 4 is 15.7 Å². The Bertz CT molecular complexity index is 758. The zero-order valence-electron chi connectivity index (χ0n) is 14.4. The van der Waals surface area contributed by atoms with Gasteiger partial charge in [0.15, 0.2) is 9.84 Å². The van der Waals surface area contributed by atoms with Gasteiger partial charge in [0.2, 0.25) is 17.7 Å². The number of nitrogens with zero attached hydrogens (tertiary/aromatic N) is 4. The Balaban J connectivity index is 1.52. The molecule has 3 fully saturated rings. The summed E-state index contributed by atoms with van der Waals surface area (Å²) in [4.78, 5) is 16.6. The van der Waals surface area contributed by atoms with E-state index in [0.717, 1.165) is 19.3 Å². The summed E-state index contributed by atoms with van der Waals surface area (Å²) in [6, 6.07) is -0.430. The van der Waals surface area contributed by atoms with E-state index < -0.39 is 9.84 Å². The predicted octanol–water partition coefficient (Wildman–Crippen LogP) is 0.242. The maximum atomic E-state index is 12.7. The molecule has 0 unspecified atom stereocenters. The minimum atomic E-state index is -3.14. The van der Waals surface area contributed by atoms with E-state index in [1.165, 1.54) is 0 Å². The molecule has 2 atom stereocenters. The second kappa shape index (κ2) is 6.35. The van der Waals surface area contributed by atoms with Gasteiger partial charge in [-0.1, -0.05) is 13.3 Å². The largest absolute Gasteiger partial charge is 0.424 e. The van der Waals surface area contributed by atoms with E-state index in [1.54, 1.807) is 0 Å². The highest BCUT2D eigenvalue weighted by atomic mass is 32.2. The second-order valence-electron chi connectivity index (χ2n) is 7.28. The maximum Gasteiger partial charge on any atom is 0.230 e. The zero-order chi connectivity index (χ0) is 17.6. The van der Waals surface area contributed by atoms with Gasteiger partial charge in [0.1, 0.15) is 0 Å². The number of aryl methyl sites for hydroxylation is 1. The molecule has 25 heavy (non-hydrogen) atoms. The molecule has 1 amide bonds. The summed E-state index contributed by atoms with van der Waals surface area (Å²) in [5, 5.41) is 8.02. The van der Waals surface area contributed by atoms with Crippen molar-refractivity contribution in [1.82, 2.24) is 20.0 Å². The summed E-state index contributed by atoms with van der Waals surface area (Å²) in [5.41, 5.74) is 0. The number of fused-ring (bicyclic) bond motifs is 1. The Labute approximate surface area is 147 Å². The minimum absolute atomic E-state index is 0.0661. The third-order valence-electron chi connectivity index (χ3n) is 5.68. The molecule has 0 N–H and O–H groups in total. The first kappa shape index (κ1) is 17.0. The Morgan fingerprint density at radius 3 is 2.52 bits per heavy atom. The molecule has 0 aromatic carbocycles. The lowest BCUT2D eigenvalue weighted by Crippen LogP contribution is -2.61. The van der Waals surface area contributed by atoms with Crippen molar-refractivity contribution < 1.29 is 17.6 Å². The van der Waals surface area contributed by atoms with Gasteiger partial charge in [-0.05, 0) is 12.8 Å². The smallest absolute Gasteiger partial charge is 0.230 e. The van der Waals surface area contributed by atoms with Gasteiger partial charge in [0.25, 0.3) is 0 Å². The van der Waals surface area contributed by atoms with E-state index in [9.17, 15) is 13.2 Å². The first-order valence-corrected chi connectivity index (χ1v) is 10.8. The van der Waals surface area contributed by atoms with Gasteiger partial charge in [-0.25, -0.2) is 8.42 Å². The fourth-order valence-corrected chi connectivity index (χ4v) is 6.07. The lowest BCUT2D eigenvalue weighted by molar-refractivity contribution is -0.144. The van der Waals surface area contributed by atoms with Crippen LogP contribution in [0.1, 0.15) is 38.0 Å². The standard InChI is InChI=1S/C16H24N4O4S/c1-2-14-17-18-15(24-14)8-19-6-7-20(16(21)11-4-3-5-11)13-10-25(22,23)9-12(13)19/h11-13H,2-10H2,1H3/t12-,13+/m0/s1. The van der Waals surface area contributed by atoms with Crippen molar-refractivity contribution in [2.45, 2.75) is 51.2 Å². The summed E-state index contributed by atoms with van der Waals surface area (Å²) in [5.74, 6) is 1.50. The lowest BCUT2D eigenvalue weighted by Gasteiger charge is -2.45. The van der Waals surface area contributed by atoms with Gasteiger partial charge < -0.3 is 9.32 Å². The van der Waals surface area contributed by atoms with Crippen LogP contribution in [0.2, 0.25) is 0 Å². The number of sulfone groups is 1. The Morgan fingerprint density at radius 1 is 1.16 bits per heavy atom. The van der Waals surface area contributed by atoms with E-state index >= 15 is 0 Å². The van der Waals surface area contributed by atoms with Gasteiger partial charge in [-0.2, -0.15) is 0 Å². The molecule has 2 saturated heterocycles. The molecule has 0 bridgehead atoms. The van der Waals surface area contributed by atoms with Gasteiger partial charge in [0.05, 0.1) is 24.1 Å². The molecule has 1 aromatic heterocycles. The van der Waals surface area contributed by atoms with Gasteiger partial charge in [-0.15, -0.1) is 10.2 Å². The van der Waals surface area contributed by atoms with Crippen molar-refractivity contribution in [1.29, 1.82) is 0 Å². The summed E-state index contributed by atoms with van der Waals surface area (Å²) in [7, 11) is -3.14. The van der Waals surface area contributed by atoms with E-state index in [0.29, 0.717) is 37.8 Å². The lowest BCUT2D eigenvalue weighted by atomic mass is 9.83. The Kier molecular flexibility index (Phi) is 4.31. The van der Waals surface area contributed by atoms with E-state index in [1.807, 2.05) is 11.8 Å². The van der Waals surface area contributed by atoms with Crippen LogP contribution >= 0.6 is 0 Å². The molecule has 8 nitrogen and oxygen atoms in total. The van der Waals surface area contributed by atoms with Crippen LogP contribution < -0.4 is 0 Å². The normalized spacial score (nSPS) is 29.4. The van der Waals surface area contributed by atoms with Crippen molar-refractivity contribution in [2.75, 3.05) is 24.6 Å². The molecule has 1 aromatic rings. The molecule has 3 heterocycles. The van der Waals surface area contributed by atoms with E-state index in [4.69, 9.17) is 4.42 Å². The molecular formula is C16H24N4O4S. The van der Waals surface area contributed by atoms with Crippen LogP contribution in [-0.2, 0) is 27.6 Å². The van der Waals surface area contributed by atoms with Crippen LogP contribution in [0.25, 0.3) is 0 Å². The average molecular weight is 368 g/mol. The molecule has 1 aliphatic carbocycles. The molecule has 3 aliphatic rings. The molecule has 1 saturated carbocycles. The van der Waals surface area contributed by atoms with Crippen LogP contribution in [0.4, 0.5) is 0 Å². The fraction of sp³-hybridized carbons (Fsp3) is 0.812. The topological polar surface area (TPSA) is 96.6 Å². The fourth-order valence-electron chi connectivity index (χ4n) is 4.05. The number of hydrogen-bond donors (Lipinski definition) is 0.